The molecule has 1 heterocycles. The highest BCUT2D eigenvalue weighted by molar-refractivity contribution is 6.21. The van der Waals surface area contributed by atoms with Crippen molar-refractivity contribution in [2.24, 2.45) is 0 Å². The molecule has 3 rings (SSSR count). The van der Waals surface area contributed by atoms with Gasteiger partial charge in [-0.1, -0.05) is 18.2 Å². The Morgan fingerprint density at radius 2 is 1.95 bits per heavy atom. The number of benzene rings is 2. The average molecular weight is 293 g/mol. The summed E-state index contributed by atoms with van der Waals surface area (Å²) in [4.78, 5) is 0. The van der Waals surface area contributed by atoms with E-state index in [1.54, 1.807) is 7.11 Å². The third-order valence-electron chi connectivity index (χ3n) is 3.56. The number of rotatable bonds is 3. The molecule has 2 aromatic rings. The molecule has 1 aliphatic heterocycles. The molecule has 1 fully saturated rings. The molecule has 0 bridgehead atoms. The van der Waals surface area contributed by atoms with Gasteiger partial charge in [0.2, 0.25) is 0 Å². The van der Waals surface area contributed by atoms with E-state index in [0.717, 1.165) is 22.1 Å². The van der Waals surface area contributed by atoms with Crippen LogP contribution in [0, 0.1) is 0 Å². The standard InChI is InChI=1S/C16H17ClO3/c1-18-14-5-4-11-8-13(3-2-12(11)9-14)16(17)15-10-19-6-7-20-15/h2-5,8-9,15-16H,6-7,10H2,1H3. The number of methoxy groups -OCH3 is 1. The van der Waals surface area contributed by atoms with Crippen LogP contribution in [0.15, 0.2) is 36.4 Å². The quantitative estimate of drug-likeness (QED) is 0.810. The highest BCUT2D eigenvalue weighted by atomic mass is 35.5. The summed E-state index contributed by atoms with van der Waals surface area (Å²) in [5.74, 6) is 0.858. The molecule has 20 heavy (non-hydrogen) atoms. The Balaban J connectivity index is 1.88. The molecule has 2 unspecified atom stereocenters. The van der Waals surface area contributed by atoms with Crippen LogP contribution in [0.1, 0.15) is 10.9 Å². The fourth-order valence-corrected chi connectivity index (χ4v) is 2.71. The molecule has 0 N–H and O–H groups in total. The second kappa shape index (κ2) is 6.00. The van der Waals surface area contributed by atoms with Crippen molar-refractivity contribution in [3.8, 4) is 5.75 Å². The van der Waals surface area contributed by atoms with E-state index >= 15 is 0 Å². The lowest BCUT2D eigenvalue weighted by molar-refractivity contribution is -0.0892. The van der Waals surface area contributed by atoms with Gasteiger partial charge in [-0.2, -0.15) is 0 Å². The molecular weight excluding hydrogens is 276 g/mol. The minimum Gasteiger partial charge on any atom is -0.497 e. The fourth-order valence-electron chi connectivity index (χ4n) is 2.43. The van der Waals surface area contributed by atoms with Gasteiger partial charge in [-0.15, -0.1) is 11.6 Å². The van der Waals surface area contributed by atoms with Gasteiger partial charge in [0.05, 0.1) is 32.3 Å². The minimum atomic E-state index is -0.193. The largest absolute Gasteiger partial charge is 0.497 e. The zero-order valence-corrected chi connectivity index (χ0v) is 12.1. The van der Waals surface area contributed by atoms with Crippen LogP contribution in [0.5, 0.6) is 5.75 Å². The zero-order valence-electron chi connectivity index (χ0n) is 11.3. The Bertz CT molecular complexity index is 593. The van der Waals surface area contributed by atoms with Gasteiger partial charge in [-0.05, 0) is 34.5 Å². The summed E-state index contributed by atoms with van der Waals surface area (Å²) >= 11 is 6.51. The normalized spacial score (nSPS) is 20.8. The smallest absolute Gasteiger partial charge is 0.119 e. The Morgan fingerprint density at radius 1 is 1.15 bits per heavy atom. The van der Waals surface area contributed by atoms with E-state index in [1.165, 1.54) is 0 Å². The summed E-state index contributed by atoms with van der Waals surface area (Å²) in [5, 5.41) is 2.09. The number of halogens is 1. The van der Waals surface area contributed by atoms with Gasteiger partial charge in [-0.25, -0.2) is 0 Å². The first-order valence-electron chi connectivity index (χ1n) is 6.69. The van der Waals surface area contributed by atoms with E-state index in [0.29, 0.717) is 19.8 Å². The molecule has 0 aromatic heterocycles. The first-order chi connectivity index (χ1) is 9.78. The summed E-state index contributed by atoms with van der Waals surface area (Å²) in [5.41, 5.74) is 1.06. The number of fused-ring (bicyclic) bond motifs is 1. The molecule has 3 nitrogen and oxygen atoms in total. The van der Waals surface area contributed by atoms with E-state index < -0.39 is 0 Å². The molecule has 2 aromatic carbocycles. The highest BCUT2D eigenvalue weighted by Crippen LogP contribution is 2.31. The maximum absolute atomic E-state index is 6.51. The topological polar surface area (TPSA) is 27.7 Å². The van der Waals surface area contributed by atoms with Gasteiger partial charge < -0.3 is 14.2 Å². The van der Waals surface area contributed by atoms with Crippen molar-refractivity contribution in [3.63, 3.8) is 0 Å². The van der Waals surface area contributed by atoms with Crippen LogP contribution in [-0.2, 0) is 9.47 Å². The summed E-state index contributed by atoms with van der Waals surface area (Å²) in [6, 6.07) is 12.2. The number of hydrogen-bond acceptors (Lipinski definition) is 3. The van der Waals surface area contributed by atoms with Gasteiger partial charge in [0.1, 0.15) is 11.9 Å². The molecule has 0 aliphatic carbocycles. The zero-order chi connectivity index (χ0) is 13.9. The Morgan fingerprint density at radius 3 is 2.70 bits per heavy atom. The molecule has 0 spiro atoms. The monoisotopic (exact) mass is 292 g/mol. The molecular formula is C16H17ClO3. The summed E-state index contributed by atoms with van der Waals surface area (Å²) < 4.78 is 16.3. The van der Waals surface area contributed by atoms with Crippen molar-refractivity contribution in [3.05, 3.63) is 42.0 Å². The third-order valence-corrected chi connectivity index (χ3v) is 4.09. The Kier molecular flexibility index (Phi) is 4.10. The maximum atomic E-state index is 6.51. The van der Waals surface area contributed by atoms with Gasteiger partial charge in [-0.3, -0.25) is 0 Å². The molecule has 4 heteroatoms. The van der Waals surface area contributed by atoms with Crippen molar-refractivity contribution >= 4 is 22.4 Å². The molecule has 2 atom stereocenters. The minimum absolute atomic E-state index is 0.0823. The number of ether oxygens (including phenoxy) is 3. The highest BCUT2D eigenvalue weighted by Gasteiger charge is 2.24. The van der Waals surface area contributed by atoms with Gasteiger partial charge in [0.15, 0.2) is 0 Å². The fraction of sp³-hybridized carbons (Fsp3) is 0.375. The van der Waals surface area contributed by atoms with Crippen LogP contribution in [0.25, 0.3) is 10.8 Å². The van der Waals surface area contributed by atoms with Crippen molar-refractivity contribution in [1.29, 1.82) is 0 Å². The van der Waals surface area contributed by atoms with E-state index in [2.05, 4.69) is 12.1 Å². The summed E-state index contributed by atoms with van der Waals surface area (Å²) in [7, 11) is 1.67. The lowest BCUT2D eigenvalue weighted by Crippen LogP contribution is -2.31. The van der Waals surface area contributed by atoms with Crippen molar-refractivity contribution in [2.45, 2.75) is 11.5 Å². The predicted molar refractivity (Wildman–Crippen MR) is 79.7 cm³/mol. The Labute approximate surface area is 123 Å². The first kappa shape index (κ1) is 13.7. The molecule has 0 saturated carbocycles. The summed E-state index contributed by atoms with van der Waals surface area (Å²) in [6.07, 6.45) is -0.0823. The average Bonchev–Trinajstić information content (AvgIpc) is 2.54. The van der Waals surface area contributed by atoms with Gasteiger partial charge in [0.25, 0.3) is 0 Å². The molecule has 0 amide bonds. The lowest BCUT2D eigenvalue weighted by atomic mass is 10.0. The first-order valence-corrected chi connectivity index (χ1v) is 7.13. The van der Waals surface area contributed by atoms with Crippen molar-refractivity contribution in [1.82, 2.24) is 0 Å². The second-order valence-electron chi connectivity index (χ2n) is 4.86. The van der Waals surface area contributed by atoms with Gasteiger partial charge >= 0.3 is 0 Å². The SMILES string of the molecule is COc1ccc2cc(C(Cl)C3COCCO3)ccc2c1. The van der Waals surface area contributed by atoms with Crippen LogP contribution in [-0.4, -0.2) is 33.0 Å². The lowest BCUT2D eigenvalue weighted by Gasteiger charge is -2.27. The van der Waals surface area contributed by atoms with E-state index in [-0.39, 0.29) is 11.5 Å². The van der Waals surface area contributed by atoms with E-state index in [1.807, 2.05) is 24.3 Å². The van der Waals surface area contributed by atoms with E-state index in [4.69, 9.17) is 25.8 Å². The van der Waals surface area contributed by atoms with Crippen LogP contribution in [0.2, 0.25) is 0 Å². The number of alkyl halides is 1. The summed E-state index contributed by atoms with van der Waals surface area (Å²) in [6.45, 7) is 1.81. The molecule has 1 saturated heterocycles. The Hall–Kier alpha value is -1.29. The van der Waals surface area contributed by atoms with Crippen molar-refractivity contribution < 1.29 is 14.2 Å². The van der Waals surface area contributed by atoms with Crippen LogP contribution in [0.3, 0.4) is 0 Å². The van der Waals surface area contributed by atoms with Crippen LogP contribution < -0.4 is 4.74 Å². The van der Waals surface area contributed by atoms with Gasteiger partial charge in [0, 0.05) is 0 Å². The molecule has 1 aliphatic rings. The van der Waals surface area contributed by atoms with Crippen molar-refractivity contribution in [2.75, 3.05) is 26.9 Å². The second-order valence-corrected chi connectivity index (χ2v) is 5.33. The molecule has 106 valence electrons. The maximum Gasteiger partial charge on any atom is 0.119 e. The van der Waals surface area contributed by atoms with Crippen LogP contribution >= 0.6 is 11.6 Å². The molecule has 0 radical (unpaired) electrons. The third kappa shape index (κ3) is 2.75. The van der Waals surface area contributed by atoms with Crippen LogP contribution in [0.4, 0.5) is 0 Å². The number of hydrogen-bond donors (Lipinski definition) is 0. The predicted octanol–water partition coefficient (Wildman–Crippen LogP) is 3.54. The van der Waals surface area contributed by atoms with E-state index in [9.17, 15) is 0 Å².